The van der Waals surface area contributed by atoms with Gasteiger partial charge in [0.25, 0.3) is 0 Å². The molecule has 7 nitrogen and oxygen atoms in total. The molecule has 31 heavy (non-hydrogen) atoms. The van der Waals surface area contributed by atoms with Gasteiger partial charge in [-0.05, 0) is 49.6 Å². The smallest absolute Gasteiger partial charge is 0.234 e. The fraction of sp³-hybridized carbons (Fsp3) is 0.318. The van der Waals surface area contributed by atoms with E-state index in [-0.39, 0.29) is 17.3 Å². The quantitative estimate of drug-likeness (QED) is 0.400. The first kappa shape index (κ1) is 21.6. The van der Waals surface area contributed by atoms with Gasteiger partial charge in [0.15, 0.2) is 16.8 Å². The van der Waals surface area contributed by atoms with Gasteiger partial charge in [0, 0.05) is 24.7 Å². The number of aryl methyl sites for hydroxylation is 1. The number of Topliss-reactive ketones (excluding diaryl/α,β-unsaturated/α-hetero) is 1. The molecule has 0 aliphatic carbocycles. The van der Waals surface area contributed by atoms with E-state index in [9.17, 15) is 13.2 Å². The van der Waals surface area contributed by atoms with Crippen molar-refractivity contribution in [1.29, 1.82) is 0 Å². The first-order chi connectivity index (χ1) is 14.8. The molecule has 0 unspecified atom stereocenters. The third-order valence-electron chi connectivity index (χ3n) is 5.51. The van der Waals surface area contributed by atoms with Gasteiger partial charge >= 0.3 is 0 Å². The van der Waals surface area contributed by atoms with Crippen LogP contribution in [-0.2, 0) is 23.5 Å². The van der Waals surface area contributed by atoms with Crippen LogP contribution in [0.3, 0.4) is 0 Å². The fourth-order valence-corrected chi connectivity index (χ4v) is 5.67. The molecule has 0 spiro atoms. The highest BCUT2D eigenvalue weighted by Crippen LogP contribution is 2.32. The molecule has 1 aromatic heterocycles. The Hall–Kier alpha value is -2.65. The summed E-state index contributed by atoms with van der Waals surface area (Å²) in [7, 11) is -1.40. The molecule has 162 valence electrons. The number of carbonyl (C=O) groups is 1. The van der Waals surface area contributed by atoms with Crippen molar-refractivity contribution in [3.63, 3.8) is 0 Å². The van der Waals surface area contributed by atoms with Crippen molar-refractivity contribution in [2.24, 2.45) is 7.05 Å². The van der Waals surface area contributed by atoms with Crippen LogP contribution in [0.2, 0.25) is 0 Å². The van der Waals surface area contributed by atoms with Gasteiger partial charge in [0.2, 0.25) is 10.0 Å². The number of hydrogen-bond donors (Lipinski definition) is 0. The summed E-state index contributed by atoms with van der Waals surface area (Å²) < 4.78 is 27.8. The van der Waals surface area contributed by atoms with Gasteiger partial charge in [-0.3, -0.25) is 9.10 Å². The summed E-state index contributed by atoms with van der Waals surface area (Å²) in [4.78, 5) is 12.8. The van der Waals surface area contributed by atoms with Crippen LogP contribution >= 0.6 is 11.8 Å². The van der Waals surface area contributed by atoms with Crippen LogP contribution in [0, 0.1) is 6.92 Å². The number of hydrogen-bond acceptors (Lipinski definition) is 6. The van der Waals surface area contributed by atoms with Crippen molar-refractivity contribution in [1.82, 2.24) is 14.8 Å². The van der Waals surface area contributed by atoms with Gasteiger partial charge in [-0.2, -0.15) is 0 Å². The number of fused-ring (bicyclic) bond motifs is 1. The third kappa shape index (κ3) is 4.12. The second kappa shape index (κ2) is 8.47. The molecular weight excluding hydrogens is 432 g/mol. The second-order valence-corrected chi connectivity index (χ2v) is 10.6. The van der Waals surface area contributed by atoms with E-state index in [1.165, 1.54) is 16.1 Å². The van der Waals surface area contributed by atoms with E-state index in [0.29, 0.717) is 29.4 Å². The number of ketones is 1. The van der Waals surface area contributed by atoms with E-state index in [4.69, 9.17) is 0 Å². The first-order valence-corrected chi connectivity index (χ1v) is 12.7. The molecule has 1 aliphatic heterocycles. The Morgan fingerprint density at radius 3 is 2.68 bits per heavy atom. The molecule has 0 amide bonds. The lowest BCUT2D eigenvalue weighted by Crippen LogP contribution is -2.30. The largest absolute Gasteiger partial charge is 0.305 e. The maximum absolute atomic E-state index is 12.8. The highest BCUT2D eigenvalue weighted by atomic mass is 32.2. The van der Waals surface area contributed by atoms with Crippen molar-refractivity contribution in [3.05, 3.63) is 59.2 Å². The van der Waals surface area contributed by atoms with Gasteiger partial charge in [-0.25, -0.2) is 8.42 Å². The minimum atomic E-state index is -3.29. The van der Waals surface area contributed by atoms with Crippen LogP contribution in [0.1, 0.15) is 28.4 Å². The molecule has 0 fully saturated rings. The summed E-state index contributed by atoms with van der Waals surface area (Å²) in [6, 6.07) is 13.3. The number of benzene rings is 2. The van der Waals surface area contributed by atoms with Gasteiger partial charge in [-0.1, -0.05) is 36.0 Å². The summed E-state index contributed by atoms with van der Waals surface area (Å²) in [5, 5.41) is 9.23. The predicted octanol–water partition coefficient (Wildman–Crippen LogP) is 3.48. The molecule has 0 atom stereocenters. The van der Waals surface area contributed by atoms with Crippen LogP contribution in [0.15, 0.2) is 47.6 Å². The molecule has 3 aromatic rings. The predicted molar refractivity (Wildman–Crippen MR) is 123 cm³/mol. The average molecular weight is 457 g/mol. The van der Waals surface area contributed by atoms with Crippen LogP contribution in [0.25, 0.3) is 11.4 Å². The Balaban J connectivity index is 1.48. The molecule has 4 rings (SSSR count). The average Bonchev–Trinajstić information content (AvgIpc) is 3.36. The number of rotatable bonds is 7. The Labute approximate surface area is 186 Å². The highest BCUT2D eigenvalue weighted by molar-refractivity contribution is 7.99. The maximum Gasteiger partial charge on any atom is 0.234 e. The minimum Gasteiger partial charge on any atom is -0.305 e. The summed E-state index contributed by atoms with van der Waals surface area (Å²) >= 11 is 1.35. The Bertz CT molecular complexity index is 1250. The molecule has 2 aromatic carbocycles. The Morgan fingerprint density at radius 2 is 1.94 bits per heavy atom. The zero-order chi connectivity index (χ0) is 22.2. The SMILES string of the molecule is CCS(=O)(=O)N1CCc2cc(C(=O)CSc3nnc(-c4ccccc4C)n3C)ccc21. The highest BCUT2D eigenvalue weighted by Gasteiger charge is 2.28. The van der Waals surface area contributed by atoms with Crippen LogP contribution in [0.5, 0.6) is 0 Å². The second-order valence-electron chi connectivity index (χ2n) is 7.46. The van der Waals surface area contributed by atoms with Crippen LogP contribution < -0.4 is 4.31 Å². The summed E-state index contributed by atoms with van der Waals surface area (Å²) in [6.07, 6.45) is 0.617. The lowest BCUT2D eigenvalue weighted by Gasteiger charge is -2.18. The molecule has 0 saturated heterocycles. The van der Waals surface area contributed by atoms with Gasteiger partial charge in [0.1, 0.15) is 0 Å². The zero-order valence-electron chi connectivity index (χ0n) is 17.7. The summed E-state index contributed by atoms with van der Waals surface area (Å²) in [5.74, 6) is 1.04. The zero-order valence-corrected chi connectivity index (χ0v) is 19.3. The van der Waals surface area contributed by atoms with Crippen molar-refractivity contribution in [2.75, 3.05) is 22.4 Å². The van der Waals surface area contributed by atoms with Crippen molar-refractivity contribution in [3.8, 4) is 11.4 Å². The lowest BCUT2D eigenvalue weighted by molar-refractivity contribution is 0.102. The number of anilines is 1. The molecule has 1 aliphatic rings. The van der Waals surface area contributed by atoms with Crippen molar-refractivity contribution >= 4 is 33.3 Å². The molecule has 0 radical (unpaired) electrons. The normalized spacial score (nSPS) is 13.5. The lowest BCUT2D eigenvalue weighted by atomic mass is 10.1. The van der Waals surface area contributed by atoms with E-state index < -0.39 is 10.0 Å². The van der Waals surface area contributed by atoms with Gasteiger partial charge < -0.3 is 4.57 Å². The number of sulfonamides is 1. The van der Waals surface area contributed by atoms with E-state index in [1.54, 1.807) is 19.1 Å². The van der Waals surface area contributed by atoms with Gasteiger partial charge in [-0.15, -0.1) is 10.2 Å². The van der Waals surface area contributed by atoms with E-state index in [2.05, 4.69) is 10.2 Å². The van der Waals surface area contributed by atoms with Crippen molar-refractivity contribution in [2.45, 2.75) is 25.4 Å². The fourth-order valence-electron chi connectivity index (χ4n) is 3.70. The first-order valence-electron chi connectivity index (χ1n) is 10.1. The number of aromatic nitrogens is 3. The van der Waals surface area contributed by atoms with Crippen LogP contribution in [0.4, 0.5) is 5.69 Å². The monoisotopic (exact) mass is 456 g/mol. The molecular formula is C22H24N4O3S2. The summed E-state index contributed by atoms with van der Waals surface area (Å²) in [5.41, 5.74) is 4.29. The summed E-state index contributed by atoms with van der Waals surface area (Å²) in [6.45, 7) is 4.10. The Kier molecular flexibility index (Phi) is 5.90. The van der Waals surface area contributed by atoms with E-state index >= 15 is 0 Å². The van der Waals surface area contributed by atoms with E-state index in [1.807, 2.05) is 48.9 Å². The molecule has 0 N–H and O–H groups in total. The van der Waals surface area contributed by atoms with Crippen LogP contribution in [-0.4, -0.2) is 47.0 Å². The third-order valence-corrected chi connectivity index (χ3v) is 8.31. The molecule has 0 bridgehead atoms. The van der Waals surface area contributed by atoms with E-state index in [0.717, 1.165) is 22.5 Å². The molecule has 9 heteroatoms. The molecule has 2 heterocycles. The standard InChI is InChI=1S/C22H24N4O3S2/c1-4-31(28,29)26-12-11-16-13-17(9-10-19(16)26)20(27)14-30-22-24-23-21(25(22)3)18-8-6-5-7-15(18)2/h5-10,13H,4,11-12,14H2,1-3H3. The number of thioether (sulfide) groups is 1. The van der Waals surface area contributed by atoms with Crippen molar-refractivity contribution < 1.29 is 13.2 Å². The minimum absolute atomic E-state index is 0.0231. The topological polar surface area (TPSA) is 85.2 Å². The maximum atomic E-state index is 12.8. The number of nitrogens with zero attached hydrogens (tertiary/aromatic N) is 4. The number of carbonyl (C=O) groups excluding carboxylic acids is 1. The molecule has 0 saturated carbocycles. The Morgan fingerprint density at radius 1 is 1.16 bits per heavy atom. The van der Waals surface area contributed by atoms with Gasteiger partial charge in [0.05, 0.1) is 17.2 Å².